The molecule has 7 rings (SSSR count). The Kier molecular flexibility index (Phi) is 7.63. The minimum absolute atomic E-state index is 0.00953. The Labute approximate surface area is 272 Å². The van der Waals surface area contributed by atoms with Crippen LogP contribution in [-0.4, -0.2) is 38.9 Å². The van der Waals surface area contributed by atoms with E-state index in [4.69, 9.17) is 19.1 Å². The van der Waals surface area contributed by atoms with E-state index in [1.54, 1.807) is 42.5 Å². The fourth-order valence-electron chi connectivity index (χ4n) is 6.17. The highest BCUT2D eigenvalue weighted by molar-refractivity contribution is 7.92. The van der Waals surface area contributed by atoms with Crippen molar-refractivity contribution in [3.63, 3.8) is 0 Å². The number of hydrogen-bond acceptors (Lipinski definition) is 10. The maximum atomic E-state index is 13.9. The lowest BCUT2D eigenvalue weighted by Crippen LogP contribution is -2.15. The molecule has 6 aromatic rings. The van der Waals surface area contributed by atoms with E-state index in [0.717, 1.165) is 5.56 Å². The van der Waals surface area contributed by atoms with Crippen LogP contribution >= 0.6 is 0 Å². The average molecular weight is 667 g/mol. The lowest BCUT2D eigenvalue weighted by atomic mass is 9.89. The number of halogens is 1. The third-order valence-corrected chi connectivity index (χ3v) is 10.4. The Morgan fingerprint density at radius 3 is 2.52 bits per heavy atom. The second-order valence-corrected chi connectivity index (χ2v) is 14.0. The normalized spacial score (nSPS) is 15.2. The van der Waals surface area contributed by atoms with Crippen LogP contribution in [-0.2, 0) is 29.2 Å². The van der Waals surface area contributed by atoms with Gasteiger partial charge in [0.2, 0.25) is 0 Å². The number of pyridine rings is 2. The summed E-state index contributed by atoms with van der Waals surface area (Å²) in [6.07, 6.45) is 2.12. The number of benzene rings is 2. The van der Waals surface area contributed by atoms with Crippen molar-refractivity contribution in [2.75, 3.05) is 5.75 Å². The summed E-state index contributed by atoms with van der Waals surface area (Å²) in [5.74, 6) is -2.63. The Bertz CT molecular complexity index is 2470. The van der Waals surface area contributed by atoms with Crippen molar-refractivity contribution < 1.29 is 21.6 Å². The van der Waals surface area contributed by atoms with Crippen LogP contribution < -0.4 is 11.5 Å². The van der Waals surface area contributed by atoms with Gasteiger partial charge in [0.1, 0.15) is 11.9 Å². The molecule has 14 heteroatoms. The quantitative estimate of drug-likeness (QED) is 0.238. The first-order chi connectivity index (χ1) is 23.0. The number of aryl methyl sites for hydroxylation is 2. The van der Waals surface area contributed by atoms with Crippen molar-refractivity contribution >= 4 is 20.9 Å². The highest BCUT2D eigenvalue weighted by atomic mass is 32.2. The standard InChI is InChI=1S/C34H27FN6O6S/c1-18(2)24-17-48(44,45)31-28(21-7-12-26-27(13-21)46-34(43)41(26)16-23-10-5-20(14-36)15-37-23)29(32-39-40-33(42)47-32)25(38-30(24)31)11-6-19-3-8-22(35)9-4-19/h3-5,7-10,12-13,15,18,24H,6,11,16-17H2,1-2H3,(H,40,42)/t24-/m1/s1. The Hall–Kier alpha value is -5.68. The van der Waals surface area contributed by atoms with Crippen LogP contribution in [0.15, 0.2) is 84.1 Å². The van der Waals surface area contributed by atoms with E-state index in [-0.39, 0.29) is 57.9 Å². The summed E-state index contributed by atoms with van der Waals surface area (Å²) in [6.45, 7) is 3.94. The molecule has 0 fully saturated rings. The predicted octanol–water partition coefficient (Wildman–Crippen LogP) is 4.77. The van der Waals surface area contributed by atoms with E-state index in [1.807, 2.05) is 19.9 Å². The number of oxazole rings is 1. The van der Waals surface area contributed by atoms with Crippen LogP contribution in [0.2, 0.25) is 0 Å². The maximum Gasteiger partial charge on any atom is 0.434 e. The van der Waals surface area contributed by atoms with Gasteiger partial charge >= 0.3 is 11.5 Å². The van der Waals surface area contributed by atoms with Crippen LogP contribution in [0.5, 0.6) is 0 Å². The van der Waals surface area contributed by atoms with Gasteiger partial charge < -0.3 is 8.83 Å². The van der Waals surface area contributed by atoms with Gasteiger partial charge in [0, 0.05) is 17.7 Å². The summed E-state index contributed by atoms with van der Waals surface area (Å²) < 4.78 is 54.0. The van der Waals surface area contributed by atoms with Gasteiger partial charge in [-0.05, 0) is 66.3 Å². The van der Waals surface area contributed by atoms with E-state index in [9.17, 15) is 22.4 Å². The molecule has 0 spiro atoms. The molecule has 4 aromatic heterocycles. The first-order valence-corrected chi connectivity index (χ1v) is 16.8. The minimum Gasteiger partial charge on any atom is -0.408 e. The van der Waals surface area contributed by atoms with E-state index in [2.05, 4.69) is 15.2 Å². The molecule has 48 heavy (non-hydrogen) atoms. The zero-order chi connectivity index (χ0) is 33.7. The second kappa shape index (κ2) is 11.8. The van der Waals surface area contributed by atoms with Crippen molar-refractivity contribution in [3.8, 4) is 28.7 Å². The molecule has 0 amide bonds. The molecule has 5 heterocycles. The topological polar surface area (TPSA) is 178 Å². The molecule has 1 aliphatic heterocycles. The molecule has 0 bridgehead atoms. The van der Waals surface area contributed by atoms with Gasteiger partial charge in [0.25, 0.3) is 5.89 Å². The number of rotatable bonds is 8. The van der Waals surface area contributed by atoms with Crippen LogP contribution in [0.4, 0.5) is 4.39 Å². The van der Waals surface area contributed by atoms with E-state index >= 15 is 0 Å². The molecule has 0 radical (unpaired) electrons. The van der Waals surface area contributed by atoms with Crippen LogP contribution in [0.25, 0.3) is 33.7 Å². The number of aromatic amines is 1. The molecule has 0 unspecified atom stereocenters. The van der Waals surface area contributed by atoms with E-state index in [1.165, 1.54) is 22.9 Å². The lowest BCUT2D eigenvalue weighted by Gasteiger charge is -2.19. The second-order valence-electron chi connectivity index (χ2n) is 12.0. The molecule has 1 N–H and O–H groups in total. The minimum atomic E-state index is -3.88. The molecular formula is C34H27FN6O6S. The largest absolute Gasteiger partial charge is 0.434 e. The van der Waals surface area contributed by atoms with Gasteiger partial charge in [-0.2, -0.15) is 5.26 Å². The number of hydrogen-bond donors (Lipinski definition) is 1. The molecule has 1 aliphatic rings. The summed E-state index contributed by atoms with van der Waals surface area (Å²) in [5, 5.41) is 15.4. The van der Waals surface area contributed by atoms with E-state index < -0.39 is 27.3 Å². The number of nitriles is 1. The Balaban J connectivity index is 1.44. The summed E-state index contributed by atoms with van der Waals surface area (Å²) in [6, 6.07) is 16.2. The molecule has 242 valence electrons. The zero-order valence-electron chi connectivity index (χ0n) is 25.7. The van der Waals surface area contributed by atoms with Crippen LogP contribution in [0.1, 0.15) is 48.0 Å². The van der Waals surface area contributed by atoms with Crippen molar-refractivity contribution in [3.05, 3.63) is 116 Å². The molecule has 0 aliphatic carbocycles. The van der Waals surface area contributed by atoms with Gasteiger partial charge in [0.15, 0.2) is 15.4 Å². The van der Waals surface area contributed by atoms with Gasteiger partial charge in [-0.3, -0.25) is 14.5 Å². The van der Waals surface area contributed by atoms with Crippen LogP contribution in [0.3, 0.4) is 0 Å². The van der Waals surface area contributed by atoms with E-state index in [0.29, 0.717) is 40.1 Å². The van der Waals surface area contributed by atoms with Gasteiger partial charge in [-0.25, -0.2) is 27.5 Å². The number of nitrogens with one attached hydrogen (secondary N) is 1. The van der Waals surface area contributed by atoms with Crippen molar-refractivity contribution in [2.24, 2.45) is 5.92 Å². The fraction of sp³-hybridized carbons (Fsp3) is 0.235. The predicted molar refractivity (Wildman–Crippen MR) is 171 cm³/mol. The maximum absolute atomic E-state index is 13.9. The monoisotopic (exact) mass is 666 g/mol. The molecule has 12 nitrogen and oxygen atoms in total. The molecule has 1 atom stereocenters. The zero-order valence-corrected chi connectivity index (χ0v) is 26.5. The smallest absolute Gasteiger partial charge is 0.408 e. The molecule has 0 saturated heterocycles. The number of sulfone groups is 1. The van der Waals surface area contributed by atoms with Gasteiger partial charge in [-0.15, -0.1) is 5.10 Å². The van der Waals surface area contributed by atoms with Crippen molar-refractivity contribution in [1.82, 2.24) is 24.7 Å². The lowest BCUT2D eigenvalue weighted by molar-refractivity contribution is 0.516. The summed E-state index contributed by atoms with van der Waals surface area (Å²) in [5.41, 5.74) is 4.04. The first-order valence-electron chi connectivity index (χ1n) is 15.1. The molecule has 2 aromatic carbocycles. The number of H-pyrrole nitrogens is 1. The molecular weight excluding hydrogens is 639 g/mol. The summed E-state index contributed by atoms with van der Waals surface area (Å²) in [7, 11) is -3.88. The highest BCUT2D eigenvalue weighted by Crippen LogP contribution is 2.48. The number of aromatic nitrogens is 5. The summed E-state index contributed by atoms with van der Waals surface area (Å²) >= 11 is 0. The Morgan fingerprint density at radius 2 is 1.85 bits per heavy atom. The van der Waals surface area contributed by atoms with Gasteiger partial charge in [0.05, 0.1) is 50.9 Å². The highest BCUT2D eigenvalue weighted by Gasteiger charge is 2.42. The van der Waals surface area contributed by atoms with Gasteiger partial charge in [-0.1, -0.05) is 32.0 Å². The molecule has 0 saturated carbocycles. The summed E-state index contributed by atoms with van der Waals surface area (Å²) in [4.78, 5) is 34.4. The third kappa shape index (κ3) is 5.51. The first kappa shape index (κ1) is 30.9. The number of fused-ring (bicyclic) bond motifs is 2. The fourth-order valence-corrected chi connectivity index (χ4v) is 8.39. The van der Waals surface area contributed by atoms with Crippen molar-refractivity contribution in [1.29, 1.82) is 5.26 Å². The third-order valence-electron chi connectivity index (χ3n) is 8.57. The van der Waals surface area contributed by atoms with Crippen molar-refractivity contribution in [2.45, 2.75) is 44.0 Å². The average Bonchev–Trinajstić information content (AvgIpc) is 3.72. The van der Waals surface area contributed by atoms with Crippen LogP contribution in [0, 0.1) is 23.1 Å². The Morgan fingerprint density at radius 1 is 1.06 bits per heavy atom. The number of nitrogens with zero attached hydrogens (tertiary/aromatic N) is 5. The SMILES string of the molecule is CC(C)[C@H]1CS(=O)(=O)c2c1nc(CCc1ccc(F)cc1)c(-c1n[nH]c(=O)o1)c2-c1ccc2c(c1)oc(=O)n2Cc1ccc(C#N)cn1.